The van der Waals surface area contributed by atoms with Crippen molar-refractivity contribution in [1.29, 1.82) is 0 Å². The van der Waals surface area contributed by atoms with Crippen LogP contribution in [-0.4, -0.2) is 23.0 Å². The molecule has 0 fully saturated rings. The fourth-order valence-electron chi connectivity index (χ4n) is 4.09. The second-order valence-corrected chi connectivity index (χ2v) is 7.00. The molecule has 4 aromatic rings. The summed E-state index contributed by atoms with van der Waals surface area (Å²) < 4.78 is 7.19. The lowest BCUT2D eigenvalue weighted by molar-refractivity contribution is -0.611. The Bertz CT molecular complexity index is 1200. The van der Waals surface area contributed by atoms with Gasteiger partial charge in [0.15, 0.2) is 17.1 Å². The molecule has 0 saturated carbocycles. The summed E-state index contributed by atoms with van der Waals surface area (Å²) in [5, 5.41) is 1.09. The molecule has 1 N–H and O–H groups in total. The SMILES string of the molecule is COC(=O)Cc1c(-c2ccccc2)[nH]c2[n+]1-c1c(ccc3cccnc13)CC2. The lowest BCUT2D eigenvalue weighted by Crippen LogP contribution is -2.43. The van der Waals surface area contributed by atoms with Crippen LogP contribution < -0.4 is 4.57 Å². The third kappa shape index (κ3) is 2.59. The van der Waals surface area contributed by atoms with E-state index in [2.05, 4.69) is 44.9 Å². The Balaban J connectivity index is 1.82. The molecule has 0 spiro atoms. The summed E-state index contributed by atoms with van der Waals surface area (Å²) in [5.41, 5.74) is 6.19. The predicted molar refractivity (Wildman–Crippen MR) is 106 cm³/mol. The Morgan fingerprint density at radius 3 is 2.79 bits per heavy atom. The number of nitrogens with one attached hydrogen (secondary N) is 1. The zero-order valence-electron chi connectivity index (χ0n) is 15.6. The summed E-state index contributed by atoms with van der Waals surface area (Å²) in [4.78, 5) is 20.5. The second-order valence-electron chi connectivity index (χ2n) is 7.00. The average molecular weight is 370 g/mol. The summed E-state index contributed by atoms with van der Waals surface area (Å²) in [6, 6.07) is 18.4. The van der Waals surface area contributed by atoms with Gasteiger partial charge in [-0.2, -0.15) is 4.57 Å². The van der Waals surface area contributed by atoms with Gasteiger partial charge in [-0.1, -0.05) is 48.5 Å². The van der Waals surface area contributed by atoms with Gasteiger partial charge in [0.25, 0.3) is 5.82 Å². The molecule has 2 aromatic heterocycles. The largest absolute Gasteiger partial charge is 0.469 e. The van der Waals surface area contributed by atoms with E-state index in [1.54, 1.807) is 0 Å². The molecule has 28 heavy (non-hydrogen) atoms. The third-order valence-corrected chi connectivity index (χ3v) is 5.39. The number of carbonyl (C=O) groups is 1. The van der Waals surface area contributed by atoms with Crippen LogP contribution in [0, 0.1) is 0 Å². The predicted octanol–water partition coefficient (Wildman–Crippen LogP) is 3.32. The maximum Gasteiger partial charge on any atom is 0.313 e. The monoisotopic (exact) mass is 370 g/mol. The normalized spacial score (nSPS) is 12.5. The Morgan fingerprint density at radius 1 is 1.11 bits per heavy atom. The Morgan fingerprint density at radius 2 is 1.96 bits per heavy atom. The van der Waals surface area contributed by atoms with E-state index in [1.165, 1.54) is 12.7 Å². The van der Waals surface area contributed by atoms with Gasteiger partial charge in [0, 0.05) is 22.7 Å². The van der Waals surface area contributed by atoms with Crippen molar-refractivity contribution in [2.45, 2.75) is 19.3 Å². The summed E-state index contributed by atoms with van der Waals surface area (Å²) in [7, 11) is 1.43. The molecular formula is C23H20N3O2+. The molecule has 3 heterocycles. The second kappa shape index (κ2) is 6.60. The highest BCUT2D eigenvalue weighted by molar-refractivity contribution is 5.86. The molecule has 2 aromatic carbocycles. The number of ether oxygens (including phenoxy) is 1. The molecule has 5 rings (SSSR count). The number of nitrogens with zero attached hydrogens (tertiary/aromatic N) is 2. The van der Waals surface area contributed by atoms with Crippen molar-refractivity contribution < 1.29 is 14.1 Å². The summed E-state index contributed by atoms with van der Waals surface area (Å²) in [6.45, 7) is 0. The summed E-state index contributed by atoms with van der Waals surface area (Å²) in [6.07, 6.45) is 3.84. The molecule has 0 saturated heterocycles. The van der Waals surface area contributed by atoms with Gasteiger partial charge in [0.1, 0.15) is 11.9 Å². The van der Waals surface area contributed by atoms with Crippen molar-refractivity contribution in [1.82, 2.24) is 9.97 Å². The molecule has 0 aliphatic carbocycles. The van der Waals surface area contributed by atoms with E-state index in [1.807, 2.05) is 30.5 Å². The standard InChI is InChI=1S/C23H19N3O2/c1-28-20(27)14-18-21(15-6-3-2-4-7-15)25-19-12-11-17-10-9-16-8-5-13-24-22(16)23(17)26(18)19/h2-10,13H,11-12,14H2,1H3/p+1. The number of methoxy groups -OCH3 is 1. The van der Waals surface area contributed by atoms with Gasteiger partial charge in [-0.3, -0.25) is 9.78 Å². The van der Waals surface area contributed by atoms with Crippen LogP contribution in [0.15, 0.2) is 60.8 Å². The zero-order valence-corrected chi connectivity index (χ0v) is 15.6. The molecule has 0 amide bonds. The first-order valence-electron chi connectivity index (χ1n) is 9.41. The number of benzene rings is 2. The van der Waals surface area contributed by atoms with Crippen LogP contribution in [0.3, 0.4) is 0 Å². The number of esters is 1. The van der Waals surface area contributed by atoms with Gasteiger partial charge >= 0.3 is 5.97 Å². The molecule has 5 nitrogen and oxygen atoms in total. The number of pyridine rings is 1. The van der Waals surface area contributed by atoms with Crippen molar-refractivity contribution in [3.8, 4) is 16.9 Å². The first-order chi connectivity index (χ1) is 13.8. The highest BCUT2D eigenvalue weighted by Gasteiger charge is 2.34. The smallest absolute Gasteiger partial charge is 0.313 e. The number of aromatic nitrogens is 3. The molecule has 0 bridgehead atoms. The van der Waals surface area contributed by atoms with Crippen molar-refractivity contribution >= 4 is 16.9 Å². The van der Waals surface area contributed by atoms with E-state index in [0.29, 0.717) is 0 Å². The highest BCUT2D eigenvalue weighted by atomic mass is 16.5. The molecule has 1 aliphatic rings. The van der Waals surface area contributed by atoms with Crippen LogP contribution >= 0.6 is 0 Å². The van der Waals surface area contributed by atoms with Crippen LogP contribution in [0.2, 0.25) is 0 Å². The third-order valence-electron chi connectivity index (χ3n) is 5.39. The van der Waals surface area contributed by atoms with E-state index < -0.39 is 0 Å². The maximum atomic E-state index is 12.3. The Kier molecular flexibility index (Phi) is 3.93. The Hall–Kier alpha value is -3.47. The number of aromatic amines is 1. The number of fused-ring (bicyclic) bond motifs is 5. The maximum absolute atomic E-state index is 12.3. The first kappa shape index (κ1) is 16.7. The lowest BCUT2D eigenvalue weighted by Gasteiger charge is -2.16. The lowest BCUT2D eigenvalue weighted by atomic mass is 9.99. The van der Waals surface area contributed by atoms with E-state index in [-0.39, 0.29) is 12.4 Å². The Labute approximate surface area is 162 Å². The first-order valence-corrected chi connectivity index (χ1v) is 9.41. The van der Waals surface area contributed by atoms with Crippen LogP contribution in [0.25, 0.3) is 27.8 Å². The summed E-state index contributed by atoms with van der Waals surface area (Å²) in [5.74, 6) is 0.829. The number of hydrogen-bond donors (Lipinski definition) is 1. The van der Waals surface area contributed by atoms with E-state index >= 15 is 0 Å². The fraction of sp³-hybridized carbons (Fsp3) is 0.174. The van der Waals surface area contributed by atoms with Crippen molar-refractivity contribution in [3.05, 3.63) is 77.9 Å². The number of H-pyrrole nitrogens is 1. The molecule has 0 unspecified atom stereocenters. The molecular weight excluding hydrogens is 350 g/mol. The number of aryl methyl sites for hydroxylation is 2. The van der Waals surface area contributed by atoms with E-state index in [0.717, 1.165) is 52.2 Å². The molecule has 1 aliphatic heterocycles. The van der Waals surface area contributed by atoms with Crippen molar-refractivity contribution in [2.75, 3.05) is 7.11 Å². The van der Waals surface area contributed by atoms with E-state index in [4.69, 9.17) is 4.74 Å². The molecule has 0 atom stereocenters. The molecule has 5 heteroatoms. The van der Waals surface area contributed by atoms with Gasteiger partial charge in [-0.05, 0) is 12.5 Å². The number of hydrogen-bond acceptors (Lipinski definition) is 3. The van der Waals surface area contributed by atoms with Crippen LogP contribution in [0.5, 0.6) is 0 Å². The minimum absolute atomic E-state index is 0.194. The van der Waals surface area contributed by atoms with Crippen molar-refractivity contribution in [2.24, 2.45) is 0 Å². The van der Waals surface area contributed by atoms with Gasteiger partial charge in [0.2, 0.25) is 0 Å². The minimum atomic E-state index is -0.258. The van der Waals surface area contributed by atoms with Gasteiger partial charge < -0.3 is 4.74 Å². The van der Waals surface area contributed by atoms with Gasteiger partial charge in [-0.25, -0.2) is 4.98 Å². The van der Waals surface area contributed by atoms with Gasteiger partial charge in [-0.15, -0.1) is 0 Å². The van der Waals surface area contributed by atoms with E-state index in [9.17, 15) is 4.79 Å². The number of carbonyl (C=O) groups excluding carboxylic acids is 1. The number of rotatable bonds is 3. The molecule has 0 radical (unpaired) electrons. The van der Waals surface area contributed by atoms with Crippen LogP contribution in [0.1, 0.15) is 17.1 Å². The average Bonchev–Trinajstić information content (AvgIpc) is 3.12. The van der Waals surface area contributed by atoms with Crippen LogP contribution in [-0.2, 0) is 28.8 Å². The quantitative estimate of drug-likeness (QED) is 0.445. The minimum Gasteiger partial charge on any atom is -0.469 e. The van der Waals surface area contributed by atoms with Crippen LogP contribution in [0.4, 0.5) is 0 Å². The zero-order chi connectivity index (χ0) is 19.1. The topological polar surface area (TPSA) is 58.9 Å². The van der Waals surface area contributed by atoms with Gasteiger partial charge in [0.05, 0.1) is 13.5 Å². The summed E-state index contributed by atoms with van der Waals surface area (Å²) >= 11 is 0. The molecule has 138 valence electrons. The number of imidazole rings is 1. The highest BCUT2D eigenvalue weighted by Crippen LogP contribution is 2.30. The fourth-order valence-corrected chi connectivity index (χ4v) is 4.09. The van der Waals surface area contributed by atoms with Crippen molar-refractivity contribution in [3.63, 3.8) is 0 Å².